The number of unbranched alkanes of at least 4 members (excludes halogenated alkanes) is 11. The first-order chi connectivity index (χ1) is 29.9. The molecule has 0 saturated heterocycles. The summed E-state index contributed by atoms with van der Waals surface area (Å²) in [4.78, 5) is 131. The van der Waals surface area contributed by atoms with Crippen LogP contribution in [0.5, 0.6) is 0 Å². The fourth-order valence-corrected chi connectivity index (χ4v) is 6.50. The van der Waals surface area contributed by atoms with Crippen LogP contribution in [0.25, 0.3) is 0 Å². The molecule has 63 heavy (non-hydrogen) atoms. The minimum atomic E-state index is -1.64. The Morgan fingerprint density at radius 1 is 0.381 bits per heavy atom. The summed E-state index contributed by atoms with van der Waals surface area (Å²) >= 11 is 0. The van der Waals surface area contributed by atoms with Crippen molar-refractivity contribution in [3.05, 3.63) is 0 Å². The van der Waals surface area contributed by atoms with E-state index in [-0.39, 0.29) is 32.2 Å². The normalized spacial score (nSPS) is 13.2. The fourth-order valence-electron chi connectivity index (χ4n) is 6.19. The molecule has 0 rings (SSSR count). The van der Waals surface area contributed by atoms with Gasteiger partial charge in [0.15, 0.2) is 0 Å². The summed E-state index contributed by atoms with van der Waals surface area (Å²) in [5.74, 6) is -10.6. The lowest BCUT2D eigenvalue weighted by atomic mass is 10.0. The molecule has 0 aromatic heterocycles. The zero-order valence-corrected chi connectivity index (χ0v) is 36.9. The first-order valence-corrected chi connectivity index (χ1v) is 22.0. The molecule has 358 valence electrons. The maximum atomic E-state index is 12.6. The molecule has 0 aromatic rings. The highest BCUT2D eigenvalue weighted by molar-refractivity contribution is 7.13. The van der Waals surface area contributed by atoms with Crippen LogP contribution >= 0.6 is 9.39 Å². The molecule has 0 heterocycles. The Kier molecular flexibility index (Phi) is 32.3. The van der Waals surface area contributed by atoms with Crippen LogP contribution in [0.3, 0.4) is 0 Å². The molecule has 6 atom stereocenters. The van der Waals surface area contributed by atoms with Crippen LogP contribution in [0.4, 0.5) is 0 Å². The summed E-state index contributed by atoms with van der Waals surface area (Å²) in [5, 5.41) is 61.3. The summed E-state index contributed by atoms with van der Waals surface area (Å²) in [6.07, 6.45) is 9.04. The van der Waals surface area contributed by atoms with Crippen molar-refractivity contribution in [1.82, 2.24) is 31.7 Å². The maximum Gasteiger partial charge on any atom is 0.326 e. The highest BCUT2D eigenvalue weighted by Crippen LogP contribution is 2.13. The van der Waals surface area contributed by atoms with Gasteiger partial charge >= 0.3 is 29.8 Å². The number of hydrogen-bond acceptors (Lipinski definition) is 12. The van der Waals surface area contributed by atoms with Gasteiger partial charge in [0, 0.05) is 45.1 Å². The fraction of sp³-hybridized carbons (Fsp3) is 0.725. The molecule has 5 amide bonds. The van der Waals surface area contributed by atoms with Crippen molar-refractivity contribution in [3.63, 3.8) is 0 Å². The third-order valence-electron chi connectivity index (χ3n) is 9.89. The Hall–Kier alpha value is -5.24. The highest BCUT2D eigenvalue weighted by atomic mass is 31.0. The van der Waals surface area contributed by atoms with Gasteiger partial charge in [-0.3, -0.25) is 33.9 Å². The van der Waals surface area contributed by atoms with E-state index >= 15 is 0 Å². The Bertz CT molecular complexity index is 1500. The smallest absolute Gasteiger partial charge is 0.326 e. The number of aldehydes is 1. The first kappa shape index (κ1) is 57.8. The topological polar surface area (TPSA) is 361 Å². The van der Waals surface area contributed by atoms with Crippen LogP contribution in [-0.4, -0.2) is 128 Å². The molecular weight excluding hydrogens is 851 g/mol. The van der Waals surface area contributed by atoms with Gasteiger partial charge in [-0.1, -0.05) is 60.8 Å². The number of carbonyl (C=O) groups excluding carboxylic acids is 6. The number of nitrogens with one attached hydrogen (secondary N) is 6. The molecule has 0 saturated carbocycles. The molecule has 0 radical (unpaired) electrons. The van der Waals surface area contributed by atoms with Crippen LogP contribution < -0.4 is 31.7 Å². The van der Waals surface area contributed by atoms with E-state index in [0.717, 1.165) is 64.1 Å². The van der Waals surface area contributed by atoms with Crippen molar-refractivity contribution >= 4 is 75.1 Å². The molecule has 23 heteroatoms. The van der Waals surface area contributed by atoms with Gasteiger partial charge in [-0.2, -0.15) is 0 Å². The number of carboxylic acid groups (broad SMARTS) is 5. The Balaban J connectivity index is 4.70. The zero-order valence-electron chi connectivity index (χ0n) is 35.7. The predicted molar refractivity (Wildman–Crippen MR) is 228 cm³/mol. The average molecular weight is 919 g/mol. The summed E-state index contributed by atoms with van der Waals surface area (Å²) in [6.45, 7) is 0.215. The second kappa shape index (κ2) is 35.2. The van der Waals surface area contributed by atoms with Gasteiger partial charge in [-0.15, -0.1) is 0 Å². The van der Waals surface area contributed by atoms with Crippen LogP contribution in [0.15, 0.2) is 0 Å². The molecule has 0 aromatic carbocycles. The lowest BCUT2D eigenvalue weighted by Gasteiger charge is -2.18. The molecule has 22 nitrogen and oxygen atoms in total. The lowest BCUT2D eigenvalue weighted by molar-refractivity contribution is -0.144. The second-order valence-electron chi connectivity index (χ2n) is 15.1. The molecule has 4 unspecified atom stereocenters. The van der Waals surface area contributed by atoms with Gasteiger partial charge in [0.1, 0.15) is 36.5 Å². The van der Waals surface area contributed by atoms with Crippen LogP contribution in [-0.2, 0) is 52.7 Å². The van der Waals surface area contributed by atoms with Crippen LogP contribution in [0.2, 0.25) is 0 Å². The minimum absolute atomic E-state index is 0.0962. The second-order valence-corrected chi connectivity index (χ2v) is 15.5. The maximum absolute atomic E-state index is 12.6. The number of carbonyl (C=O) groups is 11. The van der Waals surface area contributed by atoms with E-state index in [1.165, 1.54) is 0 Å². The van der Waals surface area contributed by atoms with E-state index in [1.807, 2.05) is 0 Å². The monoisotopic (exact) mass is 918 g/mol. The number of amides is 5. The van der Waals surface area contributed by atoms with Gasteiger partial charge in [0.05, 0.1) is 0 Å². The first-order valence-electron chi connectivity index (χ1n) is 21.4. The van der Waals surface area contributed by atoms with Gasteiger partial charge in [0.2, 0.25) is 29.5 Å². The average Bonchev–Trinajstić information content (AvgIpc) is 3.22. The zero-order chi connectivity index (χ0) is 47.6. The molecular formula is C40H67N6O16P. The van der Waals surface area contributed by atoms with Gasteiger partial charge in [0.25, 0.3) is 0 Å². The van der Waals surface area contributed by atoms with Crippen molar-refractivity contribution in [3.8, 4) is 0 Å². The van der Waals surface area contributed by atoms with E-state index in [9.17, 15) is 73.2 Å². The van der Waals surface area contributed by atoms with E-state index < -0.39 is 122 Å². The number of carboxylic acids is 5. The number of hydrogen-bond donors (Lipinski definition) is 11. The predicted octanol–water partition coefficient (Wildman–Crippen LogP) is 1.38. The summed E-state index contributed by atoms with van der Waals surface area (Å²) < 4.78 is 0. The molecule has 0 aliphatic heterocycles. The number of rotatable bonds is 40. The molecule has 0 spiro atoms. The molecule has 0 fully saturated rings. The standard InChI is InChI=1S/C40H67N6O16P/c47-25-13-9-7-5-3-1-2-4-6-8-10-15-32(49)42-27(37(55)56)17-21-34(51)44-29(39(59)60)19-23-35(52)45-28(38(57)58)18-22-33(50)43-26(36(53)54)16-20-31(48)41-24-12-11-14-30(46-63)40(61)62/h25-30,46H,1-24,63H2,(H,41,48)(H,42,49)(H,43,50)(H,44,51)(H,45,52)(H,53,54)(H,55,56)(H,57,58)(H,59,60)(H,61,62)/t26?,27-,28-,29?,30?/m0/s1. The Morgan fingerprint density at radius 3 is 1.03 bits per heavy atom. The van der Waals surface area contributed by atoms with Gasteiger partial charge < -0.3 is 56.9 Å². The summed E-state index contributed by atoms with van der Waals surface area (Å²) in [5.41, 5.74) is 0. The lowest BCUT2D eigenvalue weighted by Crippen LogP contribution is -2.45. The summed E-state index contributed by atoms with van der Waals surface area (Å²) in [7, 11) is 2.12. The quantitative estimate of drug-likeness (QED) is 0.0235. The Labute approximate surface area is 368 Å². The van der Waals surface area contributed by atoms with Gasteiger partial charge in [-0.25, -0.2) is 19.2 Å². The van der Waals surface area contributed by atoms with E-state index in [4.69, 9.17) is 5.11 Å². The Morgan fingerprint density at radius 2 is 0.698 bits per heavy atom. The van der Waals surface area contributed by atoms with E-state index in [1.54, 1.807) is 0 Å². The van der Waals surface area contributed by atoms with Gasteiger partial charge in [-0.05, 0) is 57.8 Å². The summed E-state index contributed by atoms with van der Waals surface area (Å²) in [6, 6.07) is -6.92. The van der Waals surface area contributed by atoms with Crippen molar-refractivity contribution in [2.24, 2.45) is 0 Å². The largest absolute Gasteiger partial charge is 0.480 e. The van der Waals surface area contributed by atoms with Crippen molar-refractivity contribution in [2.75, 3.05) is 6.54 Å². The molecule has 11 N–H and O–H groups in total. The SMILES string of the molecule is O=CCCCCCCCCCCCCC(=O)N[C@@H](CCC(=O)NC(CCC(=O)N[C@@H](CCC(=O)NC(CCC(=O)NCCCCC(NP)C(=O)O)C(=O)O)C(=O)O)C(=O)O)C(=O)O. The third-order valence-corrected chi connectivity index (χ3v) is 10.3. The molecule has 0 aliphatic rings. The molecule has 0 aliphatic carbocycles. The van der Waals surface area contributed by atoms with Crippen LogP contribution in [0, 0.1) is 0 Å². The van der Waals surface area contributed by atoms with Crippen LogP contribution in [0.1, 0.15) is 148 Å². The minimum Gasteiger partial charge on any atom is -0.480 e. The van der Waals surface area contributed by atoms with Crippen molar-refractivity contribution in [1.29, 1.82) is 0 Å². The van der Waals surface area contributed by atoms with E-state index in [0.29, 0.717) is 32.1 Å². The van der Waals surface area contributed by atoms with E-state index in [2.05, 4.69) is 41.1 Å². The van der Waals surface area contributed by atoms with Crippen molar-refractivity contribution in [2.45, 2.75) is 178 Å². The molecule has 0 bridgehead atoms. The number of aliphatic carboxylic acids is 5. The third kappa shape index (κ3) is 30.5. The van der Waals surface area contributed by atoms with Crippen molar-refractivity contribution < 1.29 is 78.3 Å². The highest BCUT2D eigenvalue weighted by Gasteiger charge is 2.27.